The van der Waals surface area contributed by atoms with Crippen LogP contribution >= 0.6 is 11.6 Å². The van der Waals surface area contributed by atoms with Gasteiger partial charge in [0.25, 0.3) is 11.8 Å². The number of aryl methyl sites for hydroxylation is 1. The summed E-state index contributed by atoms with van der Waals surface area (Å²) in [6.45, 7) is 3.41. The van der Waals surface area contributed by atoms with Crippen LogP contribution in [0.15, 0.2) is 42.5 Å². The maximum atomic E-state index is 12.5. The molecular weight excluding hydrogens is 364 g/mol. The molecule has 0 radical (unpaired) electrons. The first kappa shape index (κ1) is 19.2. The molecule has 0 unspecified atom stereocenters. The summed E-state index contributed by atoms with van der Waals surface area (Å²) in [6.07, 6.45) is 3.31. The number of hydrogen-bond acceptors (Lipinski definition) is 3. The summed E-state index contributed by atoms with van der Waals surface area (Å²) in [6, 6.07) is 12.2. The lowest BCUT2D eigenvalue weighted by molar-refractivity contribution is -0.118. The standard InChI is InChI=1S/C21H23ClN2O3/c1-15-13-17(22)7-10-19(15)27-14-20(25)23-18-8-5-16(6-9-18)21(26)24-11-3-2-4-12-24/h5-10,13H,2-4,11-12,14H2,1H3,(H,23,25). The summed E-state index contributed by atoms with van der Waals surface area (Å²) in [4.78, 5) is 26.4. The van der Waals surface area contributed by atoms with Crippen LogP contribution in [-0.2, 0) is 4.79 Å². The van der Waals surface area contributed by atoms with Crippen LogP contribution in [0.1, 0.15) is 35.2 Å². The molecule has 1 saturated heterocycles. The number of ether oxygens (including phenoxy) is 1. The molecule has 6 heteroatoms. The number of anilines is 1. The Hall–Kier alpha value is -2.53. The van der Waals surface area contributed by atoms with Crippen molar-refractivity contribution in [3.8, 4) is 5.75 Å². The molecule has 2 amide bonds. The van der Waals surface area contributed by atoms with Gasteiger partial charge >= 0.3 is 0 Å². The number of hydrogen-bond donors (Lipinski definition) is 1. The molecule has 1 N–H and O–H groups in total. The molecule has 1 heterocycles. The molecular formula is C21H23ClN2O3. The topological polar surface area (TPSA) is 58.6 Å². The fraction of sp³-hybridized carbons (Fsp3) is 0.333. The van der Waals surface area contributed by atoms with E-state index in [0.29, 0.717) is 22.0 Å². The minimum absolute atomic E-state index is 0.0501. The van der Waals surface area contributed by atoms with E-state index in [9.17, 15) is 9.59 Å². The van der Waals surface area contributed by atoms with Gasteiger partial charge in [0, 0.05) is 29.4 Å². The molecule has 0 spiro atoms. The van der Waals surface area contributed by atoms with Crippen LogP contribution in [0.3, 0.4) is 0 Å². The van der Waals surface area contributed by atoms with Gasteiger partial charge in [-0.2, -0.15) is 0 Å². The summed E-state index contributed by atoms with van der Waals surface area (Å²) in [5.74, 6) is 0.408. The van der Waals surface area contributed by atoms with Gasteiger partial charge in [-0.05, 0) is 74.2 Å². The average molecular weight is 387 g/mol. The van der Waals surface area contributed by atoms with Crippen molar-refractivity contribution in [2.45, 2.75) is 26.2 Å². The quantitative estimate of drug-likeness (QED) is 0.833. The SMILES string of the molecule is Cc1cc(Cl)ccc1OCC(=O)Nc1ccc(C(=O)N2CCCCC2)cc1. The van der Waals surface area contributed by atoms with Crippen molar-refractivity contribution in [2.24, 2.45) is 0 Å². The Morgan fingerprint density at radius 3 is 2.44 bits per heavy atom. The Morgan fingerprint density at radius 2 is 1.78 bits per heavy atom. The normalized spacial score (nSPS) is 13.9. The van der Waals surface area contributed by atoms with Gasteiger partial charge in [-0.15, -0.1) is 0 Å². The molecule has 0 aliphatic carbocycles. The van der Waals surface area contributed by atoms with Crippen molar-refractivity contribution in [3.05, 3.63) is 58.6 Å². The average Bonchev–Trinajstić information content (AvgIpc) is 2.68. The highest BCUT2D eigenvalue weighted by atomic mass is 35.5. The first-order chi connectivity index (χ1) is 13.0. The van der Waals surface area contributed by atoms with Crippen LogP contribution < -0.4 is 10.1 Å². The number of piperidine rings is 1. The fourth-order valence-electron chi connectivity index (χ4n) is 3.09. The van der Waals surface area contributed by atoms with Crippen molar-refractivity contribution in [1.82, 2.24) is 4.90 Å². The maximum Gasteiger partial charge on any atom is 0.262 e. The molecule has 2 aromatic carbocycles. The van der Waals surface area contributed by atoms with E-state index in [0.717, 1.165) is 31.5 Å². The predicted octanol–water partition coefficient (Wildman–Crippen LogP) is 4.29. The zero-order valence-electron chi connectivity index (χ0n) is 15.3. The van der Waals surface area contributed by atoms with Crippen LogP contribution in [0.25, 0.3) is 0 Å². The summed E-state index contributed by atoms with van der Waals surface area (Å²) < 4.78 is 5.54. The zero-order chi connectivity index (χ0) is 19.2. The van der Waals surface area contributed by atoms with E-state index in [4.69, 9.17) is 16.3 Å². The minimum atomic E-state index is -0.264. The van der Waals surface area contributed by atoms with Gasteiger partial charge < -0.3 is 15.0 Å². The molecule has 2 aromatic rings. The second kappa shape index (κ2) is 8.91. The number of rotatable bonds is 5. The lowest BCUT2D eigenvalue weighted by Gasteiger charge is -2.26. The Kier molecular flexibility index (Phi) is 6.35. The van der Waals surface area contributed by atoms with Gasteiger partial charge in [0.1, 0.15) is 5.75 Å². The van der Waals surface area contributed by atoms with Gasteiger partial charge in [-0.3, -0.25) is 9.59 Å². The van der Waals surface area contributed by atoms with Crippen LogP contribution in [0.2, 0.25) is 5.02 Å². The first-order valence-corrected chi connectivity index (χ1v) is 9.49. The Balaban J connectivity index is 1.52. The number of carbonyl (C=O) groups is 2. The van der Waals surface area contributed by atoms with Crippen molar-refractivity contribution < 1.29 is 14.3 Å². The summed E-state index contributed by atoms with van der Waals surface area (Å²) in [5.41, 5.74) is 2.14. The number of nitrogens with one attached hydrogen (secondary N) is 1. The fourth-order valence-corrected chi connectivity index (χ4v) is 3.32. The minimum Gasteiger partial charge on any atom is -0.483 e. The van der Waals surface area contributed by atoms with E-state index in [1.165, 1.54) is 6.42 Å². The van der Waals surface area contributed by atoms with Gasteiger partial charge in [0.05, 0.1) is 0 Å². The number of likely N-dealkylation sites (tertiary alicyclic amines) is 1. The van der Waals surface area contributed by atoms with E-state index >= 15 is 0 Å². The molecule has 0 saturated carbocycles. The predicted molar refractivity (Wildman–Crippen MR) is 107 cm³/mol. The Labute approximate surface area is 164 Å². The third-order valence-electron chi connectivity index (χ3n) is 4.55. The molecule has 0 bridgehead atoms. The van der Waals surface area contributed by atoms with Gasteiger partial charge in [0.15, 0.2) is 6.61 Å². The van der Waals surface area contributed by atoms with Crippen molar-refractivity contribution in [3.63, 3.8) is 0 Å². The lowest BCUT2D eigenvalue weighted by Crippen LogP contribution is -2.35. The Morgan fingerprint density at radius 1 is 1.07 bits per heavy atom. The monoisotopic (exact) mass is 386 g/mol. The molecule has 1 aliphatic rings. The molecule has 3 rings (SSSR count). The highest BCUT2D eigenvalue weighted by Crippen LogP contribution is 2.22. The largest absolute Gasteiger partial charge is 0.483 e. The zero-order valence-corrected chi connectivity index (χ0v) is 16.1. The number of amides is 2. The van der Waals surface area contributed by atoms with Crippen LogP contribution in [-0.4, -0.2) is 36.4 Å². The molecule has 142 valence electrons. The van der Waals surface area contributed by atoms with E-state index in [2.05, 4.69) is 5.32 Å². The van der Waals surface area contributed by atoms with Crippen molar-refractivity contribution >= 4 is 29.1 Å². The summed E-state index contributed by atoms with van der Waals surface area (Å²) >= 11 is 5.91. The molecule has 0 aromatic heterocycles. The summed E-state index contributed by atoms with van der Waals surface area (Å²) in [5, 5.41) is 3.40. The third-order valence-corrected chi connectivity index (χ3v) is 4.79. The number of nitrogens with zero attached hydrogens (tertiary/aromatic N) is 1. The number of benzene rings is 2. The highest BCUT2D eigenvalue weighted by Gasteiger charge is 2.18. The van der Waals surface area contributed by atoms with Crippen LogP contribution in [0, 0.1) is 6.92 Å². The van der Waals surface area contributed by atoms with Gasteiger partial charge in [0.2, 0.25) is 0 Å². The first-order valence-electron chi connectivity index (χ1n) is 9.11. The van der Waals surface area contributed by atoms with E-state index < -0.39 is 0 Å². The lowest BCUT2D eigenvalue weighted by atomic mass is 10.1. The second-order valence-electron chi connectivity index (χ2n) is 6.68. The van der Waals surface area contributed by atoms with Crippen molar-refractivity contribution in [1.29, 1.82) is 0 Å². The Bertz CT molecular complexity index is 815. The number of carbonyl (C=O) groups excluding carboxylic acids is 2. The van der Waals surface area contributed by atoms with E-state index in [1.54, 1.807) is 42.5 Å². The van der Waals surface area contributed by atoms with E-state index in [-0.39, 0.29) is 18.4 Å². The maximum absolute atomic E-state index is 12.5. The van der Waals surface area contributed by atoms with Crippen LogP contribution in [0.5, 0.6) is 5.75 Å². The van der Waals surface area contributed by atoms with Crippen LogP contribution in [0.4, 0.5) is 5.69 Å². The van der Waals surface area contributed by atoms with Gasteiger partial charge in [-0.25, -0.2) is 0 Å². The molecule has 1 aliphatic heterocycles. The van der Waals surface area contributed by atoms with Gasteiger partial charge in [-0.1, -0.05) is 11.6 Å². The smallest absolute Gasteiger partial charge is 0.262 e. The molecule has 1 fully saturated rings. The summed E-state index contributed by atoms with van der Waals surface area (Å²) in [7, 11) is 0. The highest BCUT2D eigenvalue weighted by molar-refractivity contribution is 6.30. The molecule has 5 nitrogen and oxygen atoms in total. The molecule has 27 heavy (non-hydrogen) atoms. The number of halogens is 1. The third kappa shape index (κ3) is 5.23. The molecule has 0 atom stereocenters. The van der Waals surface area contributed by atoms with Crippen molar-refractivity contribution in [2.75, 3.05) is 25.0 Å². The second-order valence-corrected chi connectivity index (χ2v) is 7.11. The van der Waals surface area contributed by atoms with E-state index in [1.807, 2.05) is 11.8 Å².